The molecule has 0 N–H and O–H groups in total. The molecule has 0 aromatic heterocycles. The third kappa shape index (κ3) is 3.70. The molecular formula is C11H21NO3. The molecule has 0 saturated heterocycles. The summed E-state index contributed by atoms with van der Waals surface area (Å²) in [5.74, 6) is 0.659. The molecule has 1 rings (SSSR count). The summed E-state index contributed by atoms with van der Waals surface area (Å²) in [6, 6.07) is 0.277. The molecule has 1 fully saturated rings. The third-order valence-corrected chi connectivity index (χ3v) is 2.83. The number of nitrogens with zero attached hydrogens (tertiary/aromatic N) is 1. The van der Waals surface area contributed by atoms with Gasteiger partial charge in [0.2, 0.25) is 0 Å². The highest BCUT2D eigenvalue weighted by Crippen LogP contribution is 2.35. The maximum absolute atomic E-state index is 11.7. The van der Waals surface area contributed by atoms with Crippen LogP contribution in [-0.2, 0) is 9.47 Å². The van der Waals surface area contributed by atoms with Gasteiger partial charge in [-0.2, -0.15) is 0 Å². The molecule has 0 bridgehead atoms. The summed E-state index contributed by atoms with van der Waals surface area (Å²) in [6.07, 6.45) is 2.24. The van der Waals surface area contributed by atoms with Gasteiger partial charge >= 0.3 is 6.09 Å². The minimum absolute atomic E-state index is 0.214. The molecule has 1 unspecified atom stereocenters. The first kappa shape index (κ1) is 12.3. The topological polar surface area (TPSA) is 38.8 Å². The molecule has 1 aliphatic carbocycles. The average Bonchev–Trinajstić information content (AvgIpc) is 3.01. The monoisotopic (exact) mass is 215 g/mol. The highest BCUT2D eigenvalue weighted by molar-refractivity contribution is 5.68. The predicted octanol–water partition coefficient (Wildman–Crippen LogP) is 1.89. The van der Waals surface area contributed by atoms with Gasteiger partial charge in [0, 0.05) is 19.7 Å². The first-order chi connectivity index (χ1) is 7.20. The van der Waals surface area contributed by atoms with Crippen LogP contribution < -0.4 is 0 Å². The fraction of sp³-hybridized carbons (Fsp3) is 0.909. The summed E-state index contributed by atoms with van der Waals surface area (Å²) in [5.41, 5.74) is 0. The molecule has 0 radical (unpaired) electrons. The Morgan fingerprint density at radius 3 is 2.67 bits per heavy atom. The Morgan fingerprint density at radius 1 is 1.53 bits per heavy atom. The number of carbonyl (C=O) groups excluding carboxylic acids is 1. The zero-order chi connectivity index (χ0) is 11.3. The van der Waals surface area contributed by atoms with E-state index in [-0.39, 0.29) is 12.1 Å². The summed E-state index contributed by atoms with van der Waals surface area (Å²) in [7, 11) is 1.64. The number of ether oxygens (including phenoxy) is 2. The lowest BCUT2D eigenvalue weighted by atomic mass is 10.2. The number of amides is 1. The molecule has 15 heavy (non-hydrogen) atoms. The van der Waals surface area contributed by atoms with Gasteiger partial charge < -0.3 is 14.4 Å². The predicted molar refractivity (Wildman–Crippen MR) is 57.8 cm³/mol. The van der Waals surface area contributed by atoms with E-state index in [1.165, 1.54) is 12.8 Å². The summed E-state index contributed by atoms with van der Waals surface area (Å²) in [5, 5.41) is 0. The quantitative estimate of drug-likeness (QED) is 0.679. The molecule has 4 heteroatoms. The Balaban J connectivity index is 2.46. The normalized spacial score (nSPS) is 17.3. The van der Waals surface area contributed by atoms with Gasteiger partial charge in [-0.25, -0.2) is 4.79 Å². The van der Waals surface area contributed by atoms with Crippen LogP contribution in [0.15, 0.2) is 0 Å². The van der Waals surface area contributed by atoms with Crippen LogP contribution in [0.2, 0.25) is 0 Å². The highest BCUT2D eigenvalue weighted by atomic mass is 16.6. The van der Waals surface area contributed by atoms with Gasteiger partial charge in [-0.05, 0) is 32.6 Å². The molecule has 0 aromatic rings. The fourth-order valence-electron chi connectivity index (χ4n) is 1.69. The average molecular weight is 215 g/mol. The van der Waals surface area contributed by atoms with Crippen molar-refractivity contribution in [1.29, 1.82) is 0 Å². The number of carbonyl (C=O) groups is 1. The molecule has 0 heterocycles. The summed E-state index contributed by atoms with van der Waals surface area (Å²) in [6.45, 7) is 5.53. The molecule has 1 amide bonds. The van der Waals surface area contributed by atoms with Crippen molar-refractivity contribution in [1.82, 2.24) is 4.90 Å². The Bertz CT molecular complexity index is 204. The molecule has 1 atom stereocenters. The molecule has 4 nitrogen and oxygen atoms in total. The van der Waals surface area contributed by atoms with Crippen LogP contribution >= 0.6 is 0 Å². The second kappa shape index (κ2) is 5.95. The number of methoxy groups -OCH3 is 1. The number of rotatable bonds is 6. The van der Waals surface area contributed by atoms with Crippen LogP contribution in [0, 0.1) is 5.92 Å². The fourth-order valence-corrected chi connectivity index (χ4v) is 1.69. The molecule has 0 spiro atoms. The van der Waals surface area contributed by atoms with E-state index in [1.54, 1.807) is 12.0 Å². The smallest absolute Gasteiger partial charge is 0.410 e. The van der Waals surface area contributed by atoms with E-state index in [4.69, 9.17) is 9.47 Å². The third-order valence-electron chi connectivity index (χ3n) is 2.83. The van der Waals surface area contributed by atoms with E-state index < -0.39 is 0 Å². The van der Waals surface area contributed by atoms with E-state index >= 15 is 0 Å². The van der Waals surface area contributed by atoms with E-state index in [1.807, 2.05) is 6.92 Å². The lowest BCUT2D eigenvalue weighted by molar-refractivity contribution is 0.0720. The largest absolute Gasteiger partial charge is 0.450 e. The SMILES string of the molecule is CCOC(=O)N(CCOC)C(C)C1CC1. The van der Waals surface area contributed by atoms with Crippen molar-refractivity contribution in [2.45, 2.75) is 32.7 Å². The van der Waals surface area contributed by atoms with Crippen molar-refractivity contribution in [3.63, 3.8) is 0 Å². The Labute approximate surface area is 91.5 Å². The maximum Gasteiger partial charge on any atom is 0.410 e. The second-order valence-corrected chi connectivity index (χ2v) is 3.96. The van der Waals surface area contributed by atoms with E-state index in [9.17, 15) is 4.79 Å². The van der Waals surface area contributed by atoms with Crippen LogP contribution in [0.4, 0.5) is 4.79 Å². The lowest BCUT2D eigenvalue weighted by Gasteiger charge is -2.28. The molecule has 1 aliphatic rings. The molecule has 0 aromatic carbocycles. The van der Waals surface area contributed by atoms with Gasteiger partial charge in [-0.1, -0.05) is 0 Å². The van der Waals surface area contributed by atoms with Crippen LogP contribution in [0.3, 0.4) is 0 Å². The van der Waals surface area contributed by atoms with Crippen molar-refractivity contribution in [2.24, 2.45) is 5.92 Å². The van der Waals surface area contributed by atoms with Crippen LogP contribution in [0.25, 0.3) is 0 Å². The van der Waals surface area contributed by atoms with Crippen molar-refractivity contribution in [3.8, 4) is 0 Å². The van der Waals surface area contributed by atoms with Crippen LogP contribution in [0.5, 0.6) is 0 Å². The van der Waals surface area contributed by atoms with Crippen molar-refractivity contribution >= 4 is 6.09 Å². The maximum atomic E-state index is 11.7. The van der Waals surface area contributed by atoms with Gasteiger partial charge in [-0.15, -0.1) is 0 Å². The summed E-state index contributed by atoms with van der Waals surface area (Å²) < 4.78 is 10.0. The zero-order valence-corrected chi connectivity index (χ0v) is 9.86. The minimum atomic E-state index is -0.214. The first-order valence-electron chi connectivity index (χ1n) is 5.63. The summed E-state index contributed by atoms with van der Waals surface area (Å²) >= 11 is 0. The van der Waals surface area contributed by atoms with Gasteiger partial charge in [0.15, 0.2) is 0 Å². The van der Waals surface area contributed by atoms with Gasteiger partial charge in [-0.3, -0.25) is 0 Å². The minimum Gasteiger partial charge on any atom is -0.450 e. The molecule has 1 saturated carbocycles. The Kier molecular flexibility index (Phi) is 4.88. The number of hydrogen-bond acceptors (Lipinski definition) is 3. The Hall–Kier alpha value is -0.770. The number of hydrogen-bond donors (Lipinski definition) is 0. The van der Waals surface area contributed by atoms with Crippen LogP contribution in [-0.4, -0.2) is 43.9 Å². The lowest BCUT2D eigenvalue weighted by Crippen LogP contribution is -2.42. The molecular weight excluding hydrogens is 194 g/mol. The van der Waals surface area contributed by atoms with E-state index in [0.717, 1.165) is 0 Å². The Morgan fingerprint density at radius 2 is 2.20 bits per heavy atom. The zero-order valence-electron chi connectivity index (χ0n) is 9.86. The summed E-state index contributed by atoms with van der Waals surface area (Å²) in [4.78, 5) is 13.5. The van der Waals surface area contributed by atoms with Crippen molar-refractivity contribution < 1.29 is 14.3 Å². The van der Waals surface area contributed by atoms with Crippen molar-refractivity contribution in [3.05, 3.63) is 0 Å². The van der Waals surface area contributed by atoms with Crippen molar-refractivity contribution in [2.75, 3.05) is 26.9 Å². The standard InChI is InChI=1S/C11H21NO3/c1-4-15-11(13)12(7-8-14-3)9(2)10-5-6-10/h9-10H,4-8H2,1-3H3. The van der Waals surface area contributed by atoms with E-state index in [0.29, 0.717) is 25.7 Å². The first-order valence-corrected chi connectivity index (χ1v) is 5.63. The van der Waals surface area contributed by atoms with Gasteiger partial charge in [0.05, 0.1) is 13.2 Å². The molecule has 0 aliphatic heterocycles. The highest BCUT2D eigenvalue weighted by Gasteiger charge is 2.34. The van der Waals surface area contributed by atoms with Crippen LogP contribution in [0.1, 0.15) is 26.7 Å². The second-order valence-electron chi connectivity index (χ2n) is 3.96. The van der Waals surface area contributed by atoms with E-state index in [2.05, 4.69) is 6.92 Å². The molecule has 88 valence electrons. The van der Waals surface area contributed by atoms with Gasteiger partial charge in [0.25, 0.3) is 0 Å². The van der Waals surface area contributed by atoms with Gasteiger partial charge in [0.1, 0.15) is 0 Å².